The fraction of sp³-hybridized carbons (Fsp3) is 0.429. The molecule has 108 valence electrons. The molecule has 0 unspecified atom stereocenters. The molecule has 20 heavy (non-hydrogen) atoms. The van der Waals surface area contributed by atoms with Crippen molar-refractivity contribution in [1.82, 2.24) is 10.2 Å². The quantitative estimate of drug-likeness (QED) is 0.797. The van der Waals surface area contributed by atoms with Crippen LogP contribution >= 0.6 is 0 Å². The molecule has 1 aromatic carbocycles. The predicted octanol–water partition coefficient (Wildman–Crippen LogP) is -0.234. The van der Waals surface area contributed by atoms with Crippen LogP contribution in [-0.2, 0) is 16.1 Å². The van der Waals surface area contributed by atoms with Gasteiger partial charge in [0.1, 0.15) is 6.61 Å². The number of hydrogen-bond acceptors (Lipinski definition) is 4. The maximum absolute atomic E-state index is 11.9. The minimum absolute atomic E-state index is 0.0435. The number of carbonyl (C=O) groups excluding carboxylic acids is 2. The minimum atomic E-state index is -0.197. The topological polar surface area (TPSA) is 78.9 Å². The number of ether oxygens (including phenoxy) is 1. The Balaban J connectivity index is 1.84. The zero-order chi connectivity index (χ0) is 14.5. The first-order valence-corrected chi connectivity index (χ1v) is 6.43. The molecule has 0 radical (unpaired) electrons. The number of rotatable bonds is 4. The summed E-state index contributed by atoms with van der Waals surface area (Å²) in [6.07, 6.45) is -0.182. The van der Waals surface area contributed by atoms with Crippen molar-refractivity contribution in [1.29, 1.82) is 0 Å². The van der Waals surface area contributed by atoms with E-state index in [1.807, 2.05) is 0 Å². The summed E-state index contributed by atoms with van der Waals surface area (Å²) in [7, 11) is 1.72. The molecule has 1 fully saturated rings. The summed E-state index contributed by atoms with van der Waals surface area (Å²) < 4.78 is 5.34. The SMILES string of the molecule is CN1C[C@@H](CNC(=O)c2ccc(CO)cc2)OCC1=O. The van der Waals surface area contributed by atoms with Gasteiger partial charge in [-0.15, -0.1) is 0 Å². The first-order chi connectivity index (χ1) is 9.60. The second-order valence-electron chi connectivity index (χ2n) is 4.77. The van der Waals surface area contributed by atoms with Crippen LogP contribution in [0.4, 0.5) is 0 Å². The molecule has 0 aromatic heterocycles. The number of carbonyl (C=O) groups is 2. The number of aliphatic hydroxyl groups is 1. The van der Waals surface area contributed by atoms with Crippen LogP contribution in [0.2, 0.25) is 0 Å². The Hall–Kier alpha value is -1.92. The maximum Gasteiger partial charge on any atom is 0.251 e. The lowest BCUT2D eigenvalue weighted by Crippen LogP contribution is -2.48. The molecule has 1 heterocycles. The van der Waals surface area contributed by atoms with Crippen LogP contribution in [0.1, 0.15) is 15.9 Å². The van der Waals surface area contributed by atoms with Gasteiger partial charge in [0.05, 0.1) is 12.7 Å². The van der Waals surface area contributed by atoms with E-state index in [2.05, 4.69) is 5.32 Å². The molecule has 2 rings (SSSR count). The molecule has 1 atom stereocenters. The Kier molecular flexibility index (Phi) is 4.70. The average Bonchev–Trinajstić information content (AvgIpc) is 2.48. The van der Waals surface area contributed by atoms with Crippen molar-refractivity contribution in [2.75, 3.05) is 26.7 Å². The molecule has 2 amide bonds. The highest BCUT2D eigenvalue weighted by atomic mass is 16.5. The zero-order valence-corrected chi connectivity index (χ0v) is 11.3. The second kappa shape index (κ2) is 6.49. The van der Waals surface area contributed by atoms with E-state index < -0.39 is 0 Å². The lowest BCUT2D eigenvalue weighted by atomic mass is 10.1. The van der Waals surface area contributed by atoms with Gasteiger partial charge in [0, 0.05) is 25.7 Å². The van der Waals surface area contributed by atoms with Crippen LogP contribution in [-0.4, -0.2) is 54.7 Å². The molecule has 0 aliphatic carbocycles. The standard InChI is InChI=1S/C14H18N2O4/c1-16-7-12(20-9-13(16)18)6-15-14(19)11-4-2-10(8-17)3-5-11/h2-5,12,17H,6-9H2,1H3,(H,15,19)/t12-/m1/s1. The molecule has 0 spiro atoms. The van der Waals surface area contributed by atoms with Crippen molar-refractivity contribution in [2.45, 2.75) is 12.7 Å². The number of morpholine rings is 1. The molecular weight excluding hydrogens is 260 g/mol. The van der Waals surface area contributed by atoms with Crippen LogP contribution in [0.5, 0.6) is 0 Å². The third-order valence-corrected chi connectivity index (χ3v) is 3.23. The number of nitrogens with one attached hydrogen (secondary N) is 1. The maximum atomic E-state index is 11.9. The van der Waals surface area contributed by atoms with Crippen LogP contribution < -0.4 is 5.32 Å². The van der Waals surface area contributed by atoms with Crippen LogP contribution in [0.3, 0.4) is 0 Å². The number of amides is 2. The number of aliphatic hydroxyl groups excluding tert-OH is 1. The van der Waals surface area contributed by atoms with Gasteiger partial charge in [-0.3, -0.25) is 9.59 Å². The molecule has 1 aromatic rings. The minimum Gasteiger partial charge on any atom is -0.392 e. The summed E-state index contributed by atoms with van der Waals surface area (Å²) >= 11 is 0. The van der Waals surface area contributed by atoms with Gasteiger partial charge in [-0.1, -0.05) is 12.1 Å². The fourth-order valence-electron chi connectivity index (χ4n) is 1.95. The summed E-state index contributed by atoms with van der Waals surface area (Å²) in [5.74, 6) is -0.246. The van der Waals surface area contributed by atoms with Gasteiger partial charge in [-0.25, -0.2) is 0 Å². The average molecular weight is 278 g/mol. The summed E-state index contributed by atoms with van der Waals surface area (Å²) in [5.41, 5.74) is 1.29. The first kappa shape index (κ1) is 14.5. The van der Waals surface area contributed by atoms with E-state index in [4.69, 9.17) is 9.84 Å². The predicted molar refractivity (Wildman–Crippen MR) is 72.1 cm³/mol. The zero-order valence-electron chi connectivity index (χ0n) is 11.3. The molecule has 1 saturated heterocycles. The Labute approximate surface area is 117 Å². The summed E-state index contributed by atoms with van der Waals surface area (Å²) in [6, 6.07) is 6.74. The Morgan fingerprint density at radius 1 is 1.45 bits per heavy atom. The van der Waals surface area contributed by atoms with E-state index in [0.717, 1.165) is 5.56 Å². The molecular formula is C14H18N2O4. The lowest BCUT2D eigenvalue weighted by Gasteiger charge is -2.29. The Bertz CT molecular complexity index is 486. The van der Waals surface area contributed by atoms with Gasteiger partial charge >= 0.3 is 0 Å². The van der Waals surface area contributed by atoms with Crippen molar-refractivity contribution < 1.29 is 19.4 Å². The molecule has 1 aliphatic heterocycles. The van der Waals surface area contributed by atoms with Gasteiger partial charge in [0.15, 0.2) is 0 Å². The summed E-state index contributed by atoms with van der Waals surface area (Å²) in [6.45, 7) is 0.848. The van der Waals surface area contributed by atoms with Crippen molar-refractivity contribution >= 4 is 11.8 Å². The number of benzene rings is 1. The number of nitrogens with zero attached hydrogens (tertiary/aromatic N) is 1. The molecule has 6 heteroatoms. The smallest absolute Gasteiger partial charge is 0.251 e. The van der Waals surface area contributed by atoms with Crippen LogP contribution in [0.25, 0.3) is 0 Å². The monoisotopic (exact) mass is 278 g/mol. The normalized spacial score (nSPS) is 19.0. The highest BCUT2D eigenvalue weighted by molar-refractivity contribution is 5.94. The third-order valence-electron chi connectivity index (χ3n) is 3.23. The number of hydrogen-bond donors (Lipinski definition) is 2. The first-order valence-electron chi connectivity index (χ1n) is 6.43. The van der Waals surface area contributed by atoms with E-state index in [9.17, 15) is 9.59 Å². The van der Waals surface area contributed by atoms with Crippen molar-refractivity contribution in [3.63, 3.8) is 0 Å². The summed E-state index contributed by atoms with van der Waals surface area (Å²) in [5, 5.41) is 11.7. The number of likely N-dealkylation sites (N-methyl/N-ethyl adjacent to an activating group) is 1. The van der Waals surface area contributed by atoms with Crippen molar-refractivity contribution in [3.05, 3.63) is 35.4 Å². The molecule has 0 saturated carbocycles. The third kappa shape index (κ3) is 3.55. The molecule has 0 bridgehead atoms. The van der Waals surface area contributed by atoms with Gasteiger partial charge in [0.25, 0.3) is 5.91 Å². The fourth-order valence-corrected chi connectivity index (χ4v) is 1.95. The lowest BCUT2D eigenvalue weighted by molar-refractivity contribution is -0.146. The largest absolute Gasteiger partial charge is 0.392 e. The molecule has 1 aliphatic rings. The van der Waals surface area contributed by atoms with Gasteiger partial charge in [-0.05, 0) is 17.7 Å². The van der Waals surface area contributed by atoms with E-state index in [-0.39, 0.29) is 31.1 Å². The van der Waals surface area contributed by atoms with Crippen LogP contribution in [0.15, 0.2) is 24.3 Å². The summed E-state index contributed by atoms with van der Waals surface area (Å²) in [4.78, 5) is 24.8. The van der Waals surface area contributed by atoms with Gasteiger partial charge in [-0.2, -0.15) is 0 Å². The van der Waals surface area contributed by atoms with E-state index >= 15 is 0 Å². The van der Waals surface area contributed by atoms with E-state index in [1.165, 1.54) is 0 Å². The second-order valence-corrected chi connectivity index (χ2v) is 4.77. The van der Waals surface area contributed by atoms with E-state index in [1.54, 1.807) is 36.2 Å². The molecule has 6 nitrogen and oxygen atoms in total. The van der Waals surface area contributed by atoms with Crippen LogP contribution in [0, 0.1) is 0 Å². The molecule has 2 N–H and O–H groups in total. The highest BCUT2D eigenvalue weighted by Crippen LogP contribution is 2.06. The van der Waals surface area contributed by atoms with Gasteiger partial charge < -0.3 is 20.1 Å². The Morgan fingerprint density at radius 2 is 2.15 bits per heavy atom. The Morgan fingerprint density at radius 3 is 2.75 bits per heavy atom. The van der Waals surface area contributed by atoms with Gasteiger partial charge in [0.2, 0.25) is 5.91 Å². The van der Waals surface area contributed by atoms with Crippen molar-refractivity contribution in [2.24, 2.45) is 0 Å². The highest BCUT2D eigenvalue weighted by Gasteiger charge is 2.23. The van der Waals surface area contributed by atoms with Crippen molar-refractivity contribution in [3.8, 4) is 0 Å². The van der Waals surface area contributed by atoms with E-state index in [0.29, 0.717) is 18.7 Å².